The average Bonchev–Trinajstić information content (AvgIpc) is 2.77. The Balaban J connectivity index is 2.58. The van der Waals surface area contributed by atoms with Crippen LogP contribution >= 0.6 is 12.2 Å². The van der Waals surface area contributed by atoms with Gasteiger partial charge in [-0.3, -0.25) is 0 Å². The van der Waals surface area contributed by atoms with E-state index in [-0.39, 0.29) is 5.11 Å². The number of thiocarbonyl (C=S) groups is 1. The molecule has 2 N–H and O–H groups in total. The quantitative estimate of drug-likeness (QED) is 0.0909. The Morgan fingerprint density at radius 2 is 1.28 bits per heavy atom. The number of benzene rings is 1. The summed E-state index contributed by atoms with van der Waals surface area (Å²) in [7, 11) is 3.85. The number of ether oxygens (including phenoxy) is 1. The maximum Gasteiger partial charge on any atom is 0.460 e. The first-order valence-electron chi connectivity index (χ1n) is 10.8. The van der Waals surface area contributed by atoms with Crippen molar-refractivity contribution in [1.82, 2.24) is 10.6 Å². The molecule has 0 aliphatic rings. The molecule has 0 saturated carbocycles. The van der Waals surface area contributed by atoms with Gasteiger partial charge in [-0.15, -0.1) is 0 Å². The maximum absolute atomic E-state index is 13.7. The van der Waals surface area contributed by atoms with Crippen molar-refractivity contribution in [3.05, 3.63) is 35.9 Å². The number of hydrogen-bond acceptors (Lipinski definition) is 2. The van der Waals surface area contributed by atoms with Gasteiger partial charge in [0.1, 0.15) is 13.3 Å². The van der Waals surface area contributed by atoms with Crippen LogP contribution < -0.4 is 10.6 Å². The monoisotopic (exact) mass is 614 g/mol. The van der Waals surface area contributed by atoms with E-state index in [0.717, 1.165) is 5.56 Å². The minimum absolute atomic E-state index is 0.0904. The van der Waals surface area contributed by atoms with Crippen LogP contribution in [0, 0.1) is 0 Å². The Hall–Kier alpha value is -2.08. The molecule has 0 heterocycles. The molecular formula is C21H25F13N3OS+. The number of rotatable bonds is 14. The molecule has 0 saturated heterocycles. The molecule has 0 bridgehead atoms. The van der Waals surface area contributed by atoms with Crippen LogP contribution in [0.15, 0.2) is 30.3 Å². The van der Waals surface area contributed by atoms with Gasteiger partial charge in [-0.25, -0.2) is 0 Å². The molecule has 18 heteroatoms. The highest BCUT2D eigenvalue weighted by Crippen LogP contribution is 2.60. The zero-order valence-corrected chi connectivity index (χ0v) is 21.1. The summed E-state index contributed by atoms with van der Waals surface area (Å²) in [5.74, 6) is -37.0. The summed E-state index contributed by atoms with van der Waals surface area (Å²) in [6.07, 6.45) is -9.88. The van der Waals surface area contributed by atoms with E-state index < -0.39 is 55.5 Å². The van der Waals surface area contributed by atoms with Crippen molar-refractivity contribution in [2.24, 2.45) is 0 Å². The van der Waals surface area contributed by atoms with Crippen LogP contribution in [-0.4, -0.2) is 85.9 Å². The lowest BCUT2D eigenvalue weighted by Crippen LogP contribution is -2.70. The van der Waals surface area contributed by atoms with Crippen molar-refractivity contribution in [1.29, 1.82) is 0 Å². The van der Waals surface area contributed by atoms with Crippen molar-refractivity contribution in [3.8, 4) is 0 Å². The molecule has 1 aromatic rings. The molecule has 0 unspecified atom stereocenters. The molecule has 0 amide bonds. The van der Waals surface area contributed by atoms with Gasteiger partial charge >= 0.3 is 35.8 Å². The molecule has 4 nitrogen and oxygen atoms in total. The van der Waals surface area contributed by atoms with Crippen LogP contribution in [0.1, 0.15) is 12.0 Å². The maximum atomic E-state index is 13.7. The number of nitrogens with zero attached hydrogens (tertiary/aromatic N) is 1. The molecule has 0 atom stereocenters. The van der Waals surface area contributed by atoms with E-state index in [1.165, 1.54) is 0 Å². The molecule has 0 fully saturated rings. The van der Waals surface area contributed by atoms with Crippen molar-refractivity contribution in [2.75, 3.05) is 40.5 Å². The number of halogens is 13. The third-order valence-corrected chi connectivity index (χ3v) is 5.64. The zero-order chi connectivity index (χ0) is 30.6. The minimum Gasteiger partial charge on any atom is -0.361 e. The number of nitrogens with one attached hydrogen (secondary N) is 2. The van der Waals surface area contributed by atoms with E-state index in [4.69, 9.17) is 12.2 Å². The second-order valence-electron chi connectivity index (χ2n) is 9.04. The predicted octanol–water partition coefficient (Wildman–Crippen LogP) is 5.83. The summed E-state index contributed by atoms with van der Waals surface area (Å²) in [5, 5.41) is 4.94. The molecule has 1 aromatic carbocycles. The Morgan fingerprint density at radius 3 is 1.79 bits per heavy atom. The summed E-state index contributed by atoms with van der Waals surface area (Å²) in [6, 6.07) is 9.47. The third-order valence-electron chi connectivity index (χ3n) is 5.35. The number of quaternary nitrogens is 1. The third kappa shape index (κ3) is 7.99. The normalized spacial score (nSPS) is 14.3. The minimum atomic E-state index is -7.92. The van der Waals surface area contributed by atoms with Crippen molar-refractivity contribution in [3.63, 3.8) is 0 Å². The summed E-state index contributed by atoms with van der Waals surface area (Å²) in [6.45, 7) is -0.749. The molecule has 0 aliphatic heterocycles. The molecule has 226 valence electrons. The fourth-order valence-electron chi connectivity index (χ4n) is 3.04. The standard InChI is InChI=1S/C21H24F13N3OS/c1-37(2,12-14-6-4-3-5-7-14)10-9-35-15(39)36-13-38-11-8-16(22,23)17(24,25)18(26,27)19(28,29)20(30,31)21(32,33)34/h3-7H,8-13H2,1-2H3,(H-,35,36,39)/p+1. The molecule has 0 aliphatic carbocycles. The molecule has 0 aromatic heterocycles. The Kier molecular flexibility index (Phi) is 10.9. The fraction of sp³-hybridized carbons (Fsp3) is 0.667. The molecule has 39 heavy (non-hydrogen) atoms. The highest BCUT2D eigenvalue weighted by Gasteiger charge is 2.90. The first kappa shape index (κ1) is 34.9. The van der Waals surface area contributed by atoms with E-state index in [1.807, 2.05) is 44.4 Å². The van der Waals surface area contributed by atoms with E-state index in [9.17, 15) is 57.1 Å². The van der Waals surface area contributed by atoms with Gasteiger partial charge in [0.25, 0.3) is 0 Å². The largest absolute Gasteiger partial charge is 0.460 e. The van der Waals surface area contributed by atoms with Crippen LogP contribution in [0.2, 0.25) is 0 Å². The summed E-state index contributed by atoms with van der Waals surface area (Å²) >= 11 is 4.89. The molecule has 0 radical (unpaired) electrons. The SMILES string of the molecule is C[N+](C)(CCNC(=S)NCOCCC(F)(F)C(F)(F)C(F)(F)C(F)(F)C(F)(F)C(F)(F)F)Cc1ccccc1. The van der Waals surface area contributed by atoms with Gasteiger partial charge in [0.2, 0.25) is 0 Å². The van der Waals surface area contributed by atoms with Gasteiger partial charge in [0, 0.05) is 12.0 Å². The summed E-state index contributed by atoms with van der Waals surface area (Å²) < 4.78 is 175. The van der Waals surface area contributed by atoms with E-state index in [1.54, 1.807) is 0 Å². The Labute approximate surface area is 220 Å². The van der Waals surface area contributed by atoms with Crippen LogP contribution in [0.3, 0.4) is 0 Å². The Bertz CT molecular complexity index is 941. The molecular weight excluding hydrogens is 589 g/mol. The Morgan fingerprint density at radius 1 is 0.769 bits per heavy atom. The van der Waals surface area contributed by atoms with Crippen LogP contribution in [0.5, 0.6) is 0 Å². The van der Waals surface area contributed by atoms with E-state index in [0.29, 0.717) is 24.1 Å². The lowest BCUT2D eigenvalue weighted by Gasteiger charge is -2.39. The van der Waals surface area contributed by atoms with Crippen molar-refractivity contribution in [2.45, 2.75) is 48.8 Å². The van der Waals surface area contributed by atoms with Gasteiger partial charge in [-0.1, -0.05) is 30.3 Å². The second-order valence-corrected chi connectivity index (χ2v) is 9.45. The van der Waals surface area contributed by atoms with Gasteiger partial charge in [-0.05, 0) is 12.2 Å². The smallest absolute Gasteiger partial charge is 0.361 e. The second kappa shape index (κ2) is 12.2. The van der Waals surface area contributed by atoms with Gasteiger partial charge < -0.3 is 19.9 Å². The topological polar surface area (TPSA) is 33.3 Å². The highest BCUT2D eigenvalue weighted by atomic mass is 32.1. The number of likely N-dealkylation sites (N-methyl/N-ethyl adjacent to an activating group) is 1. The summed E-state index contributed by atoms with van der Waals surface area (Å²) in [4.78, 5) is 0. The lowest BCUT2D eigenvalue weighted by atomic mass is 9.93. The van der Waals surface area contributed by atoms with Crippen LogP contribution in [0.25, 0.3) is 0 Å². The molecule has 0 spiro atoms. The number of alkyl halides is 13. The lowest BCUT2D eigenvalue weighted by molar-refractivity contribution is -0.902. The average molecular weight is 614 g/mol. The van der Waals surface area contributed by atoms with Gasteiger partial charge in [0.15, 0.2) is 5.11 Å². The fourth-order valence-corrected chi connectivity index (χ4v) is 3.20. The van der Waals surface area contributed by atoms with Crippen molar-refractivity contribution < 1.29 is 66.3 Å². The highest BCUT2D eigenvalue weighted by molar-refractivity contribution is 7.80. The zero-order valence-electron chi connectivity index (χ0n) is 20.3. The van der Waals surface area contributed by atoms with Gasteiger partial charge in [-0.2, -0.15) is 57.1 Å². The first-order valence-corrected chi connectivity index (χ1v) is 11.2. The number of hydrogen-bond donors (Lipinski definition) is 2. The predicted molar refractivity (Wildman–Crippen MR) is 117 cm³/mol. The van der Waals surface area contributed by atoms with Crippen LogP contribution in [0.4, 0.5) is 57.1 Å². The first-order chi connectivity index (χ1) is 17.4. The molecule has 1 rings (SSSR count). The van der Waals surface area contributed by atoms with Gasteiger partial charge in [0.05, 0.1) is 33.8 Å². The van der Waals surface area contributed by atoms with Crippen molar-refractivity contribution >= 4 is 17.3 Å². The summed E-state index contributed by atoms with van der Waals surface area (Å²) in [5.41, 5.74) is 1.06. The van der Waals surface area contributed by atoms with E-state index in [2.05, 4.69) is 15.4 Å². The van der Waals surface area contributed by atoms with E-state index >= 15 is 0 Å². The van der Waals surface area contributed by atoms with Crippen LogP contribution in [-0.2, 0) is 11.3 Å².